The topological polar surface area (TPSA) is 77.8 Å². The lowest BCUT2D eigenvalue weighted by atomic mass is 10.3. The average molecular weight is 425 g/mol. The molecule has 0 saturated heterocycles. The first-order valence-electron chi connectivity index (χ1n) is 6.32. The quantitative estimate of drug-likeness (QED) is 0.707. The van der Waals surface area contributed by atoms with Gasteiger partial charge in [0.15, 0.2) is 11.3 Å². The molecule has 0 spiro atoms. The molecule has 0 aliphatic heterocycles. The van der Waals surface area contributed by atoms with Crippen LogP contribution in [0.15, 0.2) is 39.4 Å². The van der Waals surface area contributed by atoms with Crippen LogP contribution in [0, 0.1) is 0 Å². The third kappa shape index (κ3) is 5.20. The van der Waals surface area contributed by atoms with E-state index in [4.69, 9.17) is 20.8 Å². The fourth-order valence-electron chi connectivity index (χ4n) is 1.59. The number of benzene rings is 1. The third-order valence-electron chi connectivity index (χ3n) is 2.54. The largest absolute Gasteiger partial charge is 0.450 e. The van der Waals surface area contributed by atoms with Crippen LogP contribution >= 0.6 is 27.5 Å². The summed E-state index contributed by atoms with van der Waals surface area (Å²) in [5.74, 6) is -1.74. The van der Waals surface area contributed by atoms with E-state index < -0.39 is 25.1 Å². The fraction of sp³-hybridized carbons (Fsp3) is 0.143. The average Bonchev–Trinajstić information content (AvgIpc) is 2.94. The highest BCUT2D eigenvalue weighted by Gasteiger charge is 2.15. The summed E-state index contributed by atoms with van der Waals surface area (Å²) in [5.41, 5.74) is 0.225. The summed E-state index contributed by atoms with van der Waals surface area (Å²) in [6.45, 7) is -3.58. The minimum Gasteiger partial charge on any atom is -0.450 e. The van der Waals surface area contributed by atoms with Gasteiger partial charge < -0.3 is 19.2 Å². The second-order valence-electron chi connectivity index (χ2n) is 4.25. The van der Waals surface area contributed by atoms with Gasteiger partial charge in [-0.2, -0.15) is 8.78 Å². The van der Waals surface area contributed by atoms with Crippen LogP contribution < -0.4 is 10.1 Å². The number of hydrogen-bond acceptors (Lipinski definition) is 5. The van der Waals surface area contributed by atoms with Gasteiger partial charge in [-0.15, -0.1) is 0 Å². The van der Waals surface area contributed by atoms with Crippen LogP contribution in [-0.4, -0.2) is 25.1 Å². The van der Waals surface area contributed by atoms with Gasteiger partial charge in [0.05, 0.1) is 5.02 Å². The van der Waals surface area contributed by atoms with E-state index in [-0.39, 0.29) is 22.2 Å². The molecule has 1 aromatic carbocycles. The number of amides is 1. The highest BCUT2D eigenvalue weighted by Crippen LogP contribution is 2.28. The molecule has 2 rings (SSSR count). The van der Waals surface area contributed by atoms with Gasteiger partial charge in [-0.3, -0.25) is 4.79 Å². The smallest absolute Gasteiger partial charge is 0.387 e. The van der Waals surface area contributed by atoms with Crippen LogP contribution in [0.1, 0.15) is 10.6 Å². The van der Waals surface area contributed by atoms with Crippen molar-refractivity contribution in [3.63, 3.8) is 0 Å². The number of furan rings is 1. The lowest BCUT2D eigenvalue weighted by Crippen LogP contribution is -2.20. The number of carbonyl (C=O) groups is 2. The van der Waals surface area contributed by atoms with Crippen LogP contribution in [0.4, 0.5) is 14.5 Å². The van der Waals surface area contributed by atoms with Crippen molar-refractivity contribution in [1.29, 1.82) is 0 Å². The Balaban J connectivity index is 1.88. The summed E-state index contributed by atoms with van der Waals surface area (Å²) >= 11 is 8.78. The van der Waals surface area contributed by atoms with Gasteiger partial charge in [0, 0.05) is 5.69 Å². The highest BCUT2D eigenvalue weighted by atomic mass is 79.9. The highest BCUT2D eigenvalue weighted by molar-refractivity contribution is 9.10. The number of carbonyl (C=O) groups excluding carboxylic acids is 2. The minimum absolute atomic E-state index is 0.0637. The summed E-state index contributed by atoms with van der Waals surface area (Å²) in [7, 11) is 0. The molecular weight excluding hydrogens is 416 g/mol. The number of halogens is 4. The van der Waals surface area contributed by atoms with E-state index in [1.54, 1.807) is 0 Å². The molecule has 0 unspecified atom stereocenters. The summed E-state index contributed by atoms with van der Waals surface area (Å²) in [6, 6.07) is 6.60. The second kappa shape index (κ2) is 8.11. The number of anilines is 1. The van der Waals surface area contributed by atoms with Gasteiger partial charge in [-0.1, -0.05) is 11.6 Å². The minimum atomic E-state index is -3.01. The predicted molar refractivity (Wildman–Crippen MR) is 83.4 cm³/mol. The number of nitrogens with one attached hydrogen (secondary N) is 1. The molecule has 1 heterocycles. The first-order valence-corrected chi connectivity index (χ1v) is 7.49. The van der Waals surface area contributed by atoms with Gasteiger partial charge in [-0.05, 0) is 46.3 Å². The molecule has 0 fully saturated rings. The molecule has 0 atom stereocenters. The zero-order valence-electron chi connectivity index (χ0n) is 11.7. The Kier molecular flexibility index (Phi) is 6.16. The molecular formula is C14H9BrClF2NO5. The van der Waals surface area contributed by atoms with E-state index >= 15 is 0 Å². The normalized spacial score (nSPS) is 10.5. The van der Waals surface area contributed by atoms with Gasteiger partial charge in [0.25, 0.3) is 5.91 Å². The summed E-state index contributed by atoms with van der Waals surface area (Å²) in [4.78, 5) is 23.3. The Labute approximate surface area is 147 Å². The number of rotatable bonds is 6. The van der Waals surface area contributed by atoms with Crippen molar-refractivity contribution >= 4 is 45.1 Å². The van der Waals surface area contributed by atoms with E-state index in [0.717, 1.165) is 0 Å². The van der Waals surface area contributed by atoms with Crippen molar-refractivity contribution in [3.8, 4) is 5.75 Å². The van der Waals surface area contributed by atoms with Crippen molar-refractivity contribution in [2.75, 3.05) is 11.9 Å². The third-order valence-corrected chi connectivity index (χ3v) is 3.26. The molecule has 0 aliphatic carbocycles. The standard InChI is InChI=1S/C14H9BrClF2NO5/c15-11-4-3-10(23-11)13(21)22-6-12(20)19-7-1-2-9(8(16)5-7)24-14(17)18/h1-5,14H,6H2,(H,19,20). The van der Waals surface area contributed by atoms with Crippen LogP contribution in [0.5, 0.6) is 5.75 Å². The molecule has 2 aromatic rings. The SMILES string of the molecule is O=C(COC(=O)c1ccc(Br)o1)Nc1ccc(OC(F)F)c(Cl)c1. The van der Waals surface area contributed by atoms with E-state index in [1.165, 1.54) is 30.3 Å². The molecule has 6 nitrogen and oxygen atoms in total. The van der Waals surface area contributed by atoms with Crippen molar-refractivity contribution in [2.45, 2.75) is 6.61 Å². The zero-order chi connectivity index (χ0) is 17.7. The van der Waals surface area contributed by atoms with Gasteiger partial charge in [-0.25, -0.2) is 4.79 Å². The molecule has 128 valence electrons. The maximum Gasteiger partial charge on any atom is 0.387 e. The van der Waals surface area contributed by atoms with Gasteiger partial charge >= 0.3 is 12.6 Å². The maximum absolute atomic E-state index is 12.1. The van der Waals surface area contributed by atoms with E-state index in [9.17, 15) is 18.4 Å². The first-order chi connectivity index (χ1) is 11.3. The predicted octanol–water partition coefficient (Wildman–Crippen LogP) is 4.09. The van der Waals surface area contributed by atoms with E-state index in [2.05, 4.69) is 26.0 Å². The molecule has 0 saturated carbocycles. The monoisotopic (exact) mass is 423 g/mol. The van der Waals surface area contributed by atoms with Crippen LogP contribution in [0.3, 0.4) is 0 Å². The Morgan fingerprint density at radius 3 is 2.62 bits per heavy atom. The lowest BCUT2D eigenvalue weighted by Gasteiger charge is -2.09. The Hall–Kier alpha value is -2.13. The lowest BCUT2D eigenvalue weighted by molar-refractivity contribution is -0.119. The molecule has 0 bridgehead atoms. The molecule has 10 heteroatoms. The molecule has 1 aromatic heterocycles. The number of alkyl halides is 2. The Bertz CT molecular complexity index is 753. The van der Waals surface area contributed by atoms with E-state index in [1.807, 2.05) is 0 Å². The molecule has 1 amide bonds. The van der Waals surface area contributed by atoms with Crippen molar-refractivity contribution in [2.24, 2.45) is 0 Å². The molecule has 0 aliphatic rings. The molecule has 24 heavy (non-hydrogen) atoms. The van der Waals surface area contributed by atoms with Gasteiger partial charge in [0.2, 0.25) is 5.76 Å². The Morgan fingerprint density at radius 2 is 2.04 bits per heavy atom. The van der Waals surface area contributed by atoms with Gasteiger partial charge in [0.1, 0.15) is 5.75 Å². The Morgan fingerprint density at radius 1 is 1.29 bits per heavy atom. The number of esters is 1. The maximum atomic E-state index is 12.1. The van der Waals surface area contributed by atoms with Crippen LogP contribution in [0.25, 0.3) is 0 Å². The summed E-state index contributed by atoms with van der Waals surface area (Å²) < 4.78 is 38.5. The van der Waals surface area contributed by atoms with E-state index in [0.29, 0.717) is 4.67 Å². The second-order valence-corrected chi connectivity index (χ2v) is 5.44. The first kappa shape index (κ1) is 18.2. The van der Waals surface area contributed by atoms with Crippen LogP contribution in [-0.2, 0) is 9.53 Å². The van der Waals surface area contributed by atoms with Crippen molar-refractivity contribution in [1.82, 2.24) is 0 Å². The molecule has 0 radical (unpaired) electrons. The summed E-state index contributed by atoms with van der Waals surface area (Å²) in [6.07, 6.45) is 0. The summed E-state index contributed by atoms with van der Waals surface area (Å²) in [5, 5.41) is 2.29. The zero-order valence-corrected chi connectivity index (χ0v) is 14.1. The number of ether oxygens (including phenoxy) is 2. The fourth-order valence-corrected chi connectivity index (χ4v) is 2.13. The van der Waals surface area contributed by atoms with Crippen molar-refractivity contribution < 1.29 is 32.3 Å². The van der Waals surface area contributed by atoms with Crippen molar-refractivity contribution in [3.05, 3.63) is 45.8 Å². The van der Waals surface area contributed by atoms with Crippen LogP contribution in [0.2, 0.25) is 5.02 Å². The number of hydrogen-bond donors (Lipinski definition) is 1. The molecule has 1 N–H and O–H groups in total.